The predicted molar refractivity (Wildman–Crippen MR) is 182 cm³/mol. The number of carbonyl (C=O) groups is 2. The summed E-state index contributed by atoms with van der Waals surface area (Å²) in [5.74, 6) is 0. The summed E-state index contributed by atoms with van der Waals surface area (Å²) in [5.41, 5.74) is 1.76. The second-order valence-corrected chi connectivity index (χ2v) is 13.4. The number of amides is 2. The summed E-state index contributed by atoms with van der Waals surface area (Å²) < 4.78 is 11.3. The van der Waals surface area contributed by atoms with Crippen molar-refractivity contribution in [2.24, 2.45) is 0 Å². The molecule has 0 spiro atoms. The highest BCUT2D eigenvalue weighted by Crippen LogP contribution is 2.36. The zero-order chi connectivity index (χ0) is 32.9. The standard InChI is InChI=1S/C38H53N3O4/c1-8-40(34(42)44-36(2,3)4)28-18-19-29-41(35(43)45-37(5,6)7)30-20-27-39-38(31-21-12-9-13-22-31,32-23-14-10-15-24-32)33-25-16-11-17-26-33/h9-17,21-26,39H,8,18-20,27-30H2,1-7H3. The Kier molecular flexibility index (Phi) is 13.0. The van der Waals surface area contributed by atoms with Crippen LogP contribution in [0.2, 0.25) is 0 Å². The van der Waals surface area contributed by atoms with Gasteiger partial charge in [0.15, 0.2) is 0 Å². The Morgan fingerprint density at radius 2 is 0.933 bits per heavy atom. The molecule has 244 valence electrons. The first-order valence-corrected chi connectivity index (χ1v) is 16.2. The second-order valence-electron chi connectivity index (χ2n) is 13.4. The van der Waals surface area contributed by atoms with Gasteiger partial charge < -0.3 is 19.3 Å². The van der Waals surface area contributed by atoms with Crippen LogP contribution in [-0.2, 0) is 15.0 Å². The first-order chi connectivity index (χ1) is 21.4. The molecule has 2 amide bonds. The highest BCUT2D eigenvalue weighted by molar-refractivity contribution is 5.68. The number of hydrogen-bond donors (Lipinski definition) is 1. The molecule has 0 saturated heterocycles. The van der Waals surface area contributed by atoms with E-state index in [1.54, 1.807) is 9.80 Å². The molecule has 0 aliphatic rings. The van der Waals surface area contributed by atoms with E-state index in [1.807, 2.05) is 66.7 Å². The molecule has 0 aliphatic heterocycles. The van der Waals surface area contributed by atoms with Gasteiger partial charge >= 0.3 is 12.2 Å². The monoisotopic (exact) mass is 615 g/mol. The van der Waals surface area contributed by atoms with E-state index in [9.17, 15) is 9.59 Å². The SMILES string of the molecule is CCN(CCCCN(CCCNC(c1ccccc1)(c1ccccc1)c1ccccc1)C(=O)OC(C)(C)C)C(=O)OC(C)(C)C. The molecule has 3 aromatic rings. The maximum atomic E-state index is 13.3. The van der Waals surface area contributed by atoms with E-state index in [4.69, 9.17) is 9.47 Å². The fourth-order valence-corrected chi connectivity index (χ4v) is 5.35. The lowest BCUT2D eigenvalue weighted by atomic mass is 9.77. The van der Waals surface area contributed by atoms with Gasteiger partial charge in [-0.15, -0.1) is 0 Å². The topological polar surface area (TPSA) is 71.1 Å². The van der Waals surface area contributed by atoms with Crippen molar-refractivity contribution in [2.75, 3.05) is 32.7 Å². The van der Waals surface area contributed by atoms with Crippen molar-refractivity contribution < 1.29 is 19.1 Å². The fraction of sp³-hybridized carbons (Fsp3) is 0.474. The lowest BCUT2D eigenvalue weighted by Gasteiger charge is -2.37. The molecule has 45 heavy (non-hydrogen) atoms. The molecule has 3 rings (SSSR count). The number of nitrogens with one attached hydrogen (secondary N) is 1. The first-order valence-electron chi connectivity index (χ1n) is 16.2. The molecule has 0 heterocycles. The van der Waals surface area contributed by atoms with Gasteiger partial charge in [-0.2, -0.15) is 0 Å². The number of rotatable bonds is 14. The number of hydrogen-bond acceptors (Lipinski definition) is 5. The van der Waals surface area contributed by atoms with Gasteiger partial charge in [-0.1, -0.05) is 91.0 Å². The summed E-state index contributed by atoms with van der Waals surface area (Å²) >= 11 is 0. The molecule has 0 fully saturated rings. The highest BCUT2D eigenvalue weighted by Gasteiger charge is 2.35. The van der Waals surface area contributed by atoms with Gasteiger partial charge in [-0.3, -0.25) is 5.32 Å². The van der Waals surface area contributed by atoms with E-state index in [1.165, 1.54) is 0 Å². The Hall–Kier alpha value is -3.84. The molecule has 7 heteroatoms. The molecular weight excluding hydrogens is 562 g/mol. The van der Waals surface area contributed by atoms with Crippen LogP contribution in [0.5, 0.6) is 0 Å². The smallest absolute Gasteiger partial charge is 0.410 e. The molecule has 0 saturated carbocycles. The number of ether oxygens (including phenoxy) is 2. The molecule has 0 aromatic heterocycles. The molecule has 0 aliphatic carbocycles. The summed E-state index contributed by atoms with van der Waals surface area (Å²) in [6, 6.07) is 31.5. The molecule has 0 radical (unpaired) electrons. The summed E-state index contributed by atoms with van der Waals surface area (Å²) in [7, 11) is 0. The van der Waals surface area contributed by atoms with Crippen LogP contribution < -0.4 is 5.32 Å². The van der Waals surface area contributed by atoms with E-state index < -0.39 is 16.7 Å². The lowest BCUT2D eigenvalue weighted by molar-refractivity contribution is 0.0213. The maximum Gasteiger partial charge on any atom is 0.410 e. The van der Waals surface area contributed by atoms with Crippen LogP contribution in [0.4, 0.5) is 9.59 Å². The summed E-state index contributed by atoms with van der Waals surface area (Å²) in [6.45, 7) is 16.1. The van der Waals surface area contributed by atoms with Crippen molar-refractivity contribution in [1.82, 2.24) is 15.1 Å². The van der Waals surface area contributed by atoms with Crippen LogP contribution in [0.25, 0.3) is 0 Å². The Bertz CT molecular complexity index is 1200. The Balaban J connectivity index is 1.73. The predicted octanol–water partition coefficient (Wildman–Crippen LogP) is 8.23. The number of unbranched alkanes of at least 4 members (excludes halogenated alkanes) is 1. The fourth-order valence-electron chi connectivity index (χ4n) is 5.35. The summed E-state index contributed by atoms with van der Waals surface area (Å²) in [5, 5.41) is 3.91. The van der Waals surface area contributed by atoms with E-state index in [0.717, 1.165) is 36.0 Å². The maximum absolute atomic E-state index is 13.3. The highest BCUT2D eigenvalue weighted by atomic mass is 16.6. The number of carbonyl (C=O) groups excluding carboxylic acids is 2. The third-order valence-corrected chi connectivity index (χ3v) is 7.41. The van der Waals surface area contributed by atoms with Crippen molar-refractivity contribution in [1.29, 1.82) is 0 Å². The quantitative estimate of drug-likeness (QED) is 0.146. The van der Waals surface area contributed by atoms with Crippen molar-refractivity contribution >= 4 is 12.2 Å². The third kappa shape index (κ3) is 10.9. The normalized spacial score (nSPS) is 12.0. The van der Waals surface area contributed by atoms with E-state index in [-0.39, 0.29) is 12.2 Å². The molecular formula is C38H53N3O4. The van der Waals surface area contributed by atoms with Crippen molar-refractivity contribution in [3.63, 3.8) is 0 Å². The van der Waals surface area contributed by atoms with E-state index in [0.29, 0.717) is 32.7 Å². The van der Waals surface area contributed by atoms with Gasteiger partial charge in [0.2, 0.25) is 0 Å². The molecule has 3 aromatic carbocycles. The minimum Gasteiger partial charge on any atom is -0.444 e. The van der Waals surface area contributed by atoms with Gasteiger partial charge in [0.05, 0.1) is 5.54 Å². The Morgan fingerprint density at radius 3 is 1.31 bits per heavy atom. The minimum atomic E-state index is -0.591. The Morgan fingerprint density at radius 1 is 0.578 bits per heavy atom. The second kappa shape index (κ2) is 16.5. The number of nitrogens with zero attached hydrogens (tertiary/aromatic N) is 2. The minimum absolute atomic E-state index is 0.307. The van der Waals surface area contributed by atoms with Gasteiger partial charge in [0, 0.05) is 26.2 Å². The molecule has 1 N–H and O–H groups in total. The first kappa shape index (κ1) is 35.6. The summed E-state index contributed by atoms with van der Waals surface area (Å²) in [4.78, 5) is 29.3. The van der Waals surface area contributed by atoms with E-state index >= 15 is 0 Å². The summed E-state index contributed by atoms with van der Waals surface area (Å²) in [6.07, 6.45) is 1.60. The van der Waals surface area contributed by atoms with Crippen LogP contribution in [0.3, 0.4) is 0 Å². The lowest BCUT2D eigenvalue weighted by Crippen LogP contribution is -2.46. The third-order valence-electron chi connectivity index (χ3n) is 7.41. The molecule has 0 atom stereocenters. The molecule has 0 unspecified atom stereocenters. The van der Waals surface area contributed by atoms with Crippen LogP contribution in [0.1, 0.15) is 84.4 Å². The van der Waals surface area contributed by atoms with Gasteiger partial charge in [-0.05, 0) is 91.0 Å². The largest absolute Gasteiger partial charge is 0.444 e. The zero-order valence-electron chi connectivity index (χ0n) is 28.3. The average molecular weight is 616 g/mol. The number of benzene rings is 3. The van der Waals surface area contributed by atoms with Crippen LogP contribution in [0.15, 0.2) is 91.0 Å². The zero-order valence-corrected chi connectivity index (χ0v) is 28.3. The van der Waals surface area contributed by atoms with Gasteiger partial charge in [0.25, 0.3) is 0 Å². The van der Waals surface area contributed by atoms with Crippen molar-refractivity contribution in [3.05, 3.63) is 108 Å². The van der Waals surface area contributed by atoms with Crippen molar-refractivity contribution in [3.8, 4) is 0 Å². The van der Waals surface area contributed by atoms with Crippen LogP contribution in [-0.4, -0.2) is 65.9 Å². The van der Waals surface area contributed by atoms with Crippen LogP contribution in [0, 0.1) is 0 Å². The van der Waals surface area contributed by atoms with Gasteiger partial charge in [-0.25, -0.2) is 9.59 Å². The van der Waals surface area contributed by atoms with E-state index in [2.05, 4.69) is 78.1 Å². The van der Waals surface area contributed by atoms with Gasteiger partial charge in [0.1, 0.15) is 11.2 Å². The van der Waals surface area contributed by atoms with Crippen molar-refractivity contribution in [2.45, 2.75) is 84.5 Å². The molecule has 0 bridgehead atoms. The molecule has 7 nitrogen and oxygen atoms in total. The van der Waals surface area contributed by atoms with Crippen LogP contribution >= 0.6 is 0 Å². The Labute approximate surface area is 270 Å². The average Bonchev–Trinajstić information content (AvgIpc) is 2.99.